The Bertz CT molecular complexity index is 841. The number of carbonyl (C=O) groups is 1. The number of amides is 1. The summed E-state index contributed by atoms with van der Waals surface area (Å²) in [6, 6.07) is 17.3. The molecule has 0 saturated carbocycles. The number of unbranched alkanes of at least 4 members (excludes halogenated alkanes) is 1. The van der Waals surface area contributed by atoms with E-state index >= 15 is 0 Å². The van der Waals surface area contributed by atoms with E-state index in [0.29, 0.717) is 17.9 Å². The van der Waals surface area contributed by atoms with Crippen LogP contribution in [0.25, 0.3) is 16.9 Å². The van der Waals surface area contributed by atoms with Crippen LogP contribution in [0.15, 0.2) is 60.7 Å². The van der Waals surface area contributed by atoms with Crippen molar-refractivity contribution in [1.29, 1.82) is 0 Å². The molecule has 0 spiro atoms. The van der Waals surface area contributed by atoms with Crippen molar-refractivity contribution in [3.63, 3.8) is 0 Å². The Morgan fingerprint density at radius 2 is 1.84 bits per heavy atom. The minimum absolute atomic E-state index is 0.168. The van der Waals surface area contributed by atoms with Crippen LogP contribution in [0.5, 0.6) is 0 Å². The average Bonchev–Trinajstić information content (AvgIpc) is 3.09. The highest BCUT2D eigenvalue weighted by atomic mass is 19.1. The minimum atomic E-state index is -0.302. The molecule has 5 heteroatoms. The van der Waals surface area contributed by atoms with Gasteiger partial charge in [-0.3, -0.25) is 4.79 Å². The number of nitrogens with zero attached hydrogens (tertiary/aromatic N) is 2. The summed E-state index contributed by atoms with van der Waals surface area (Å²) in [5.74, 6) is -0.470. The number of aromatic nitrogens is 2. The Balaban J connectivity index is 1.99. The predicted octanol–water partition coefficient (Wildman–Crippen LogP) is 4.21. The average molecular weight is 337 g/mol. The van der Waals surface area contributed by atoms with E-state index < -0.39 is 0 Å². The lowest BCUT2D eigenvalue weighted by atomic mass is 10.1. The molecule has 128 valence electrons. The van der Waals surface area contributed by atoms with Gasteiger partial charge < -0.3 is 5.32 Å². The van der Waals surface area contributed by atoms with Gasteiger partial charge in [0.05, 0.1) is 11.4 Å². The number of para-hydroxylation sites is 1. The molecule has 0 bridgehead atoms. The number of halogens is 1. The van der Waals surface area contributed by atoms with E-state index in [0.717, 1.165) is 24.1 Å². The molecule has 0 aliphatic rings. The van der Waals surface area contributed by atoms with Gasteiger partial charge in [-0.25, -0.2) is 9.07 Å². The van der Waals surface area contributed by atoms with Crippen molar-refractivity contribution < 1.29 is 9.18 Å². The van der Waals surface area contributed by atoms with Crippen LogP contribution in [-0.2, 0) is 0 Å². The van der Waals surface area contributed by atoms with Gasteiger partial charge in [0, 0.05) is 12.1 Å². The smallest absolute Gasteiger partial charge is 0.270 e. The summed E-state index contributed by atoms with van der Waals surface area (Å²) in [5.41, 5.74) is 2.65. The maximum Gasteiger partial charge on any atom is 0.270 e. The minimum Gasteiger partial charge on any atom is -0.351 e. The number of benzene rings is 2. The molecule has 25 heavy (non-hydrogen) atoms. The van der Waals surface area contributed by atoms with Gasteiger partial charge in [-0.15, -0.1) is 0 Å². The van der Waals surface area contributed by atoms with E-state index in [2.05, 4.69) is 17.3 Å². The van der Waals surface area contributed by atoms with Gasteiger partial charge in [-0.1, -0.05) is 31.5 Å². The molecule has 1 N–H and O–H groups in total. The molecule has 0 aliphatic carbocycles. The molecule has 1 aromatic heterocycles. The van der Waals surface area contributed by atoms with Gasteiger partial charge >= 0.3 is 0 Å². The molecule has 0 radical (unpaired) electrons. The van der Waals surface area contributed by atoms with E-state index in [9.17, 15) is 9.18 Å². The third-order valence-electron chi connectivity index (χ3n) is 3.90. The first-order chi connectivity index (χ1) is 12.2. The van der Waals surface area contributed by atoms with E-state index in [1.807, 2.05) is 30.3 Å². The molecule has 4 nitrogen and oxygen atoms in total. The fourth-order valence-corrected chi connectivity index (χ4v) is 2.54. The van der Waals surface area contributed by atoms with Crippen molar-refractivity contribution in [2.75, 3.05) is 6.54 Å². The highest BCUT2D eigenvalue weighted by molar-refractivity contribution is 5.94. The third-order valence-corrected chi connectivity index (χ3v) is 3.90. The third kappa shape index (κ3) is 3.94. The van der Waals surface area contributed by atoms with E-state index in [4.69, 9.17) is 0 Å². The molecule has 0 saturated heterocycles. The standard InChI is InChI=1S/C20H20FN3O/c1-2-3-13-22-20(25)19-14-18(15-9-11-16(21)12-10-15)23-24(19)17-7-5-4-6-8-17/h4-12,14H,2-3,13H2,1H3,(H,22,25). The van der Waals surface area contributed by atoms with Gasteiger partial charge in [0.2, 0.25) is 0 Å². The van der Waals surface area contributed by atoms with Gasteiger partial charge in [0.15, 0.2) is 0 Å². The summed E-state index contributed by atoms with van der Waals surface area (Å²) < 4.78 is 14.8. The van der Waals surface area contributed by atoms with Crippen LogP contribution in [0.1, 0.15) is 30.3 Å². The molecular formula is C20H20FN3O. The Morgan fingerprint density at radius 3 is 2.52 bits per heavy atom. The van der Waals surface area contributed by atoms with Crippen molar-refractivity contribution in [2.24, 2.45) is 0 Å². The number of nitrogens with one attached hydrogen (secondary N) is 1. The summed E-state index contributed by atoms with van der Waals surface area (Å²) in [6.45, 7) is 2.70. The number of carbonyl (C=O) groups excluding carboxylic acids is 1. The molecule has 0 fully saturated rings. The maximum absolute atomic E-state index is 13.2. The second kappa shape index (κ2) is 7.75. The topological polar surface area (TPSA) is 46.9 Å². The van der Waals surface area contributed by atoms with Crippen LogP contribution in [0.3, 0.4) is 0 Å². The van der Waals surface area contributed by atoms with E-state index in [-0.39, 0.29) is 11.7 Å². The Kier molecular flexibility index (Phi) is 5.23. The maximum atomic E-state index is 13.2. The summed E-state index contributed by atoms with van der Waals surface area (Å²) >= 11 is 0. The number of hydrogen-bond acceptors (Lipinski definition) is 2. The summed E-state index contributed by atoms with van der Waals surface area (Å²) in [5, 5.41) is 7.49. The molecule has 2 aromatic carbocycles. The number of rotatable bonds is 6. The van der Waals surface area contributed by atoms with Gasteiger partial charge in [-0.05, 0) is 48.9 Å². The van der Waals surface area contributed by atoms with E-state index in [1.54, 1.807) is 22.9 Å². The lowest BCUT2D eigenvalue weighted by molar-refractivity contribution is 0.0945. The molecule has 0 atom stereocenters. The monoisotopic (exact) mass is 337 g/mol. The Hall–Kier alpha value is -2.95. The fraction of sp³-hybridized carbons (Fsp3) is 0.200. The first-order valence-corrected chi connectivity index (χ1v) is 8.38. The van der Waals surface area contributed by atoms with Crippen molar-refractivity contribution in [3.8, 4) is 16.9 Å². The van der Waals surface area contributed by atoms with Crippen LogP contribution in [0.2, 0.25) is 0 Å². The largest absolute Gasteiger partial charge is 0.351 e. The lowest BCUT2D eigenvalue weighted by Gasteiger charge is -2.07. The van der Waals surface area contributed by atoms with Crippen LogP contribution < -0.4 is 5.32 Å². The summed E-state index contributed by atoms with van der Waals surface area (Å²) in [7, 11) is 0. The second-order valence-electron chi connectivity index (χ2n) is 5.78. The zero-order valence-corrected chi connectivity index (χ0v) is 14.1. The normalized spacial score (nSPS) is 10.6. The molecule has 0 aliphatic heterocycles. The Morgan fingerprint density at radius 1 is 1.12 bits per heavy atom. The van der Waals surface area contributed by atoms with Crippen LogP contribution in [-0.4, -0.2) is 22.2 Å². The molecule has 3 rings (SSSR count). The summed E-state index contributed by atoms with van der Waals surface area (Å²) in [4.78, 5) is 12.6. The summed E-state index contributed by atoms with van der Waals surface area (Å²) in [6.07, 6.45) is 1.94. The highest BCUT2D eigenvalue weighted by Gasteiger charge is 2.17. The molecule has 0 unspecified atom stereocenters. The first-order valence-electron chi connectivity index (χ1n) is 8.38. The lowest BCUT2D eigenvalue weighted by Crippen LogP contribution is -2.26. The van der Waals surface area contributed by atoms with Crippen LogP contribution >= 0.6 is 0 Å². The first kappa shape index (κ1) is 16.9. The highest BCUT2D eigenvalue weighted by Crippen LogP contribution is 2.22. The van der Waals surface area contributed by atoms with Crippen LogP contribution in [0, 0.1) is 5.82 Å². The van der Waals surface area contributed by atoms with E-state index in [1.165, 1.54) is 12.1 Å². The van der Waals surface area contributed by atoms with Crippen LogP contribution in [0.4, 0.5) is 4.39 Å². The Labute approximate surface area is 146 Å². The zero-order chi connectivity index (χ0) is 17.6. The van der Waals surface area contributed by atoms with Crippen molar-refractivity contribution in [2.45, 2.75) is 19.8 Å². The quantitative estimate of drug-likeness (QED) is 0.685. The van der Waals surface area contributed by atoms with Crippen molar-refractivity contribution >= 4 is 5.91 Å². The zero-order valence-electron chi connectivity index (χ0n) is 14.1. The second-order valence-corrected chi connectivity index (χ2v) is 5.78. The molecular weight excluding hydrogens is 317 g/mol. The fourth-order valence-electron chi connectivity index (χ4n) is 2.54. The number of hydrogen-bond donors (Lipinski definition) is 1. The van der Waals surface area contributed by atoms with Gasteiger partial charge in [-0.2, -0.15) is 5.10 Å². The van der Waals surface area contributed by atoms with Gasteiger partial charge in [0.1, 0.15) is 11.5 Å². The molecule has 3 aromatic rings. The predicted molar refractivity (Wildman–Crippen MR) is 96.2 cm³/mol. The van der Waals surface area contributed by atoms with Crippen molar-refractivity contribution in [1.82, 2.24) is 15.1 Å². The molecule has 1 heterocycles. The van der Waals surface area contributed by atoms with Gasteiger partial charge in [0.25, 0.3) is 5.91 Å². The SMILES string of the molecule is CCCCNC(=O)c1cc(-c2ccc(F)cc2)nn1-c1ccccc1. The van der Waals surface area contributed by atoms with Crippen molar-refractivity contribution in [3.05, 3.63) is 72.2 Å². The molecule has 1 amide bonds.